The van der Waals surface area contributed by atoms with Crippen molar-refractivity contribution in [2.45, 2.75) is 13.8 Å². The summed E-state index contributed by atoms with van der Waals surface area (Å²) in [5.41, 5.74) is 2.12. The van der Waals surface area contributed by atoms with Gasteiger partial charge in [-0.15, -0.1) is 0 Å². The number of aromatic nitrogens is 2. The molecule has 1 aromatic carbocycles. The summed E-state index contributed by atoms with van der Waals surface area (Å²) in [7, 11) is 0. The lowest BCUT2D eigenvalue weighted by molar-refractivity contribution is -0.140. The Kier molecular flexibility index (Phi) is 3.85. The standard InChI is InChI=1S/C7H6N2.C4H8O2/c1-2-4-7-6(3-1)8-5-9-7;1-3(2)4(5)6/h1-5H,(H,8,9);3H,1-2H3,(H,5,6). The average molecular weight is 206 g/mol. The molecule has 1 heterocycles. The number of carbonyl (C=O) groups is 1. The summed E-state index contributed by atoms with van der Waals surface area (Å²) in [6.45, 7) is 3.28. The van der Waals surface area contributed by atoms with Gasteiger partial charge in [0.2, 0.25) is 0 Å². The van der Waals surface area contributed by atoms with Crippen LogP contribution in [0.25, 0.3) is 11.0 Å². The number of para-hydroxylation sites is 2. The molecule has 2 aromatic rings. The molecule has 0 saturated carbocycles. The van der Waals surface area contributed by atoms with E-state index in [1.807, 2.05) is 24.3 Å². The van der Waals surface area contributed by atoms with Gasteiger partial charge in [0.1, 0.15) is 0 Å². The van der Waals surface area contributed by atoms with Gasteiger partial charge in [0.15, 0.2) is 0 Å². The van der Waals surface area contributed by atoms with Gasteiger partial charge in [0.05, 0.1) is 23.3 Å². The molecule has 0 amide bonds. The maximum atomic E-state index is 9.70. The number of benzene rings is 1. The summed E-state index contributed by atoms with van der Waals surface area (Å²) >= 11 is 0. The molecule has 0 bridgehead atoms. The zero-order valence-electron chi connectivity index (χ0n) is 8.77. The minimum absolute atomic E-state index is 0.231. The molecule has 0 fully saturated rings. The van der Waals surface area contributed by atoms with Gasteiger partial charge in [-0.1, -0.05) is 26.0 Å². The van der Waals surface area contributed by atoms with Crippen LogP contribution in [0.15, 0.2) is 30.6 Å². The molecule has 4 heteroatoms. The van der Waals surface area contributed by atoms with Crippen molar-refractivity contribution in [2.24, 2.45) is 5.92 Å². The van der Waals surface area contributed by atoms with Crippen LogP contribution in [-0.2, 0) is 4.79 Å². The van der Waals surface area contributed by atoms with E-state index in [1.165, 1.54) is 0 Å². The molecule has 4 nitrogen and oxygen atoms in total. The zero-order valence-corrected chi connectivity index (χ0v) is 8.77. The lowest BCUT2D eigenvalue weighted by atomic mass is 10.2. The van der Waals surface area contributed by atoms with E-state index in [4.69, 9.17) is 5.11 Å². The summed E-state index contributed by atoms with van der Waals surface area (Å²) in [6, 6.07) is 7.94. The fraction of sp³-hybridized carbons (Fsp3) is 0.273. The Morgan fingerprint density at radius 2 is 2.00 bits per heavy atom. The number of fused-ring (bicyclic) bond motifs is 1. The molecule has 15 heavy (non-hydrogen) atoms. The summed E-state index contributed by atoms with van der Waals surface area (Å²) < 4.78 is 0. The summed E-state index contributed by atoms with van der Waals surface area (Å²) in [6.07, 6.45) is 1.70. The Morgan fingerprint density at radius 3 is 2.53 bits per heavy atom. The Hall–Kier alpha value is -1.84. The predicted molar refractivity (Wildman–Crippen MR) is 58.6 cm³/mol. The molecule has 0 aliphatic carbocycles. The summed E-state index contributed by atoms with van der Waals surface area (Å²) in [5.74, 6) is -0.972. The van der Waals surface area contributed by atoms with E-state index in [2.05, 4.69) is 9.97 Å². The van der Waals surface area contributed by atoms with Gasteiger partial charge < -0.3 is 10.1 Å². The monoisotopic (exact) mass is 206 g/mol. The van der Waals surface area contributed by atoms with Crippen LogP contribution in [0.4, 0.5) is 0 Å². The van der Waals surface area contributed by atoms with Gasteiger partial charge in [-0.25, -0.2) is 4.98 Å². The van der Waals surface area contributed by atoms with Crippen LogP contribution in [0, 0.1) is 5.92 Å². The average Bonchev–Trinajstić information content (AvgIpc) is 2.66. The van der Waals surface area contributed by atoms with E-state index in [0.717, 1.165) is 11.0 Å². The van der Waals surface area contributed by atoms with Crippen molar-refractivity contribution in [1.82, 2.24) is 9.97 Å². The molecule has 2 N–H and O–H groups in total. The number of carboxylic acids is 1. The van der Waals surface area contributed by atoms with Gasteiger partial charge in [-0.2, -0.15) is 0 Å². The first-order chi connectivity index (χ1) is 7.11. The molecule has 0 aliphatic rings. The topological polar surface area (TPSA) is 66.0 Å². The maximum absolute atomic E-state index is 9.70. The SMILES string of the molecule is CC(C)C(=O)O.c1ccc2[nH]cnc2c1. The lowest BCUT2D eigenvalue weighted by Crippen LogP contribution is -2.03. The molecule has 2 rings (SSSR count). The number of imidazole rings is 1. The molecular formula is C11H14N2O2. The third kappa shape index (κ3) is 3.42. The highest BCUT2D eigenvalue weighted by molar-refractivity contribution is 5.73. The number of aromatic amines is 1. The predicted octanol–water partition coefficient (Wildman–Crippen LogP) is 2.29. The fourth-order valence-corrected chi connectivity index (χ4v) is 0.880. The second kappa shape index (κ2) is 5.14. The van der Waals surface area contributed by atoms with E-state index in [1.54, 1.807) is 20.2 Å². The number of aliphatic carboxylic acids is 1. The molecule has 80 valence electrons. The smallest absolute Gasteiger partial charge is 0.305 e. The number of hydrogen-bond donors (Lipinski definition) is 2. The second-order valence-corrected chi connectivity index (χ2v) is 3.41. The second-order valence-electron chi connectivity index (χ2n) is 3.41. The largest absolute Gasteiger partial charge is 0.481 e. The van der Waals surface area contributed by atoms with Gasteiger partial charge in [0, 0.05) is 0 Å². The third-order valence-electron chi connectivity index (χ3n) is 1.82. The van der Waals surface area contributed by atoms with E-state index < -0.39 is 5.97 Å². The van der Waals surface area contributed by atoms with Crippen LogP contribution in [0.2, 0.25) is 0 Å². The molecule has 0 atom stereocenters. The molecule has 0 spiro atoms. The molecular weight excluding hydrogens is 192 g/mol. The first-order valence-corrected chi connectivity index (χ1v) is 4.72. The minimum atomic E-state index is -0.741. The maximum Gasteiger partial charge on any atom is 0.305 e. The molecule has 0 unspecified atom stereocenters. The number of H-pyrrole nitrogens is 1. The van der Waals surface area contributed by atoms with E-state index in [0.29, 0.717) is 0 Å². The van der Waals surface area contributed by atoms with Crippen LogP contribution in [0.3, 0.4) is 0 Å². The lowest BCUT2D eigenvalue weighted by Gasteiger charge is -1.89. The van der Waals surface area contributed by atoms with Crippen molar-refractivity contribution in [3.63, 3.8) is 0 Å². The van der Waals surface area contributed by atoms with Crippen molar-refractivity contribution in [3.8, 4) is 0 Å². The Labute approximate surface area is 88.0 Å². The van der Waals surface area contributed by atoms with Gasteiger partial charge >= 0.3 is 5.97 Å². The number of nitrogens with zero attached hydrogens (tertiary/aromatic N) is 1. The minimum Gasteiger partial charge on any atom is -0.481 e. The number of rotatable bonds is 1. The van der Waals surface area contributed by atoms with Gasteiger partial charge in [0.25, 0.3) is 0 Å². The highest BCUT2D eigenvalue weighted by Crippen LogP contribution is 2.05. The quantitative estimate of drug-likeness (QED) is 0.752. The third-order valence-corrected chi connectivity index (χ3v) is 1.82. The first kappa shape index (κ1) is 11.2. The van der Waals surface area contributed by atoms with Crippen molar-refractivity contribution < 1.29 is 9.90 Å². The van der Waals surface area contributed by atoms with Crippen LogP contribution >= 0.6 is 0 Å². The van der Waals surface area contributed by atoms with Crippen molar-refractivity contribution in [1.29, 1.82) is 0 Å². The van der Waals surface area contributed by atoms with Crippen molar-refractivity contribution in [3.05, 3.63) is 30.6 Å². The first-order valence-electron chi connectivity index (χ1n) is 4.72. The summed E-state index contributed by atoms with van der Waals surface area (Å²) in [5, 5.41) is 7.99. The highest BCUT2D eigenvalue weighted by Gasteiger charge is 1.99. The van der Waals surface area contributed by atoms with Crippen molar-refractivity contribution in [2.75, 3.05) is 0 Å². The Bertz CT molecular complexity index is 405. The van der Waals surface area contributed by atoms with E-state index in [9.17, 15) is 4.79 Å². The van der Waals surface area contributed by atoms with Gasteiger partial charge in [-0.3, -0.25) is 4.79 Å². The Balaban J connectivity index is 0.000000167. The molecule has 0 aliphatic heterocycles. The Morgan fingerprint density at radius 1 is 1.40 bits per heavy atom. The normalized spacial score (nSPS) is 9.80. The van der Waals surface area contributed by atoms with Crippen LogP contribution < -0.4 is 0 Å². The van der Waals surface area contributed by atoms with E-state index >= 15 is 0 Å². The highest BCUT2D eigenvalue weighted by atomic mass is 16.4. The van der Waals surface area contributed by atoms with Crippen LogP contribution in [-0.4, -0.2) is 21.0 Å². The van der Waals surface area contributed by atoms with Crippen LogP contribution in [0.5, 0.6) is 0 Å². The number of carboxylic acid groups (broad SMARTS) is 1. The van der Waals surface area contributed by atoms with E-state index in [-0.39, 0.29) is 5.92 Å². The summed E-state index contributed by atoms with van der Waals surface area (Å²) in [4.78, 5) is 16.8. The molecule has 1 aromatic heterocycles. The fourth-order valence-electron chi connectivity index (χ4n) is 0.880. The van der Waals surface area contributed by atoms with Gasteiger partial charge in [-0.05, 0) is 12.1 Å². The van der Waals surface area contributed by atoms with Crippen molar-refractivity contribution >= 4 is 17.0 Å². The molecule has 0 saturated heterocycles. The molecule has 0 radical (unpaired) electrons. The van der Waals surface area contributed by atoms with Crippen LogP contribution in [0.1, 0.15) is 13.8 Å². The number of hydrogen-bond acceptors (Lipinski definition) is 2. The zero-order chi connectivity index (χ0) is 11.3. The number of nitrogens with one attached hydrogen (secondary N) is 1.